The molecule has 0 radical (unpaired) electrons. The average molecular weight is 1890 g/mol. The lowest BCUT2D eigenvalue weighted by Crippen LogP contribution is -2.01. The molecule has 0 aliphatic rings. The maximum atomic E-state index is 6.66. The Kier molecular flexibility index (Phi) is 19.9. The Morgan fingerprint density at radius 2 is 0.372 bits per heavy atom. The summed E-state index contributed by atoms with van der Waals surface area (Å²) in [6.45, 7) is 0. The summed E-state index contributed by atoms with van der Waals surface area (Å²) < 4.78 is 27.1. The van der Waals surface area contributed by atoms with E-state index in [2.05, 4.69) is 281 Å². The minimum absolute atomic E-state index is 0.577. The molecule has 148 heavy (non-hydrogen) atoms. The lowest BCUT2D eigenvalue weighted by atomic mass is 10.00. The largest absolute Gasteiger partial charge is 0.456 e. The number of rotatable bonds is 12. The summed E-state index contributed by atoms with van der Waals surface area (Å²) in [5, 5.41) is 23.3. The zero-order chi connectivity index (χ0) is 97.4. The summed E-state index contributed by atoms with van der Waals surface area (Å²) in [7, 11) is 0. The average Bonchev–Trinajstić information content (AvgIpc) is 1.54. The molecule has 690 valence electrons. The zero-order valence-electron chi connectivity index (χ0n) is 79.3. The molecule has 0 amide bonds. The van der Waals surface area contributed by atoms with E-state index in [1.807, 2.05) is 218 Å². The Morgan fingerprint density at radius 1 is 0.135 bits per heavy atom. The lowest BCUT2D eigenvalue weighted by molar-refractivity contribution is 0.668. The molecule has 0 N–H and O–H groups in total. The number of para-hydroxylation sites is 5. The standard InChI is InChI=1S/C47H28N4O.2C43H26N4O/c1-3-15-31(16-4-1)45-48-46(32-17-5-2-6-18-32)50-47(49-45)33-27-39(42-36-21-11-12-22-40(36)52-41(42)28-33)51-37-25-23-29-13-7-9-19-34(29)43(37)44-35-20-10-8-14-30(35)24-26-38(44)51;1-3-14-28(15-4-1)41-44-42(29-16-5-2-6-17-29)46-43(45-41)30-25-36(39-34-20-10-12-22-37(34)48-38(39)26-30)47-35-21-11-9-19-32(35)33-24-23-27-13-7-8-18-31(27)40(33)47;1-3-14-28(15-4-1)41-44-42(29-16-5-2-6-17-29)46-43(45-41)30-25-36(40-33-20-10-12-22-37(33)48-38(40)26-30)47-34-21-11-9-19-32(34)39-31-18-8-7-13-27(31)23-24-35(39)47/h1-28H;2*1-26H. The van der Waals surface area contributed by atoms with E-state index in [-0.39, 0.29) is 0 Å². The Balaban J connectivity index is 0.000000105. The van der Waals surface area contributed by atoms with Crippen LogP contribution in [0, 0.1) is 0 Å². The molecule has 0 spiro atoms. The normalized spacial score (nSPS) is 11.8. The van der Waals surface area contributed by atoms with Gasteiger partial charge in [-0.2, -0.15) is 0 Å². The lowest BCUT2D eigenvalue weighted by Gasteiger charge is -2.14. The van der Waals surface area contributed by atoms with E-state index in [0.29, 0.717) is 52.4 Å². The second-order valence-electron chi connectivity index (χ2n) is 37.3. The van der Waals surface area contributed by atoms with Gasteiger partial charge in [-0.15, -0.1) is 0 Å². The predicted molar refractivity (Wildman–Crippen MR) is 603 cm³/mol. The maximum absolute atomic E-state index is 6.66. The first kappa shape index (κ1) is 84.6. The molecule has 31 rings (SSSR count). The number of hydrogen-bond donors (Lipinski definition) is 0. The van der Waals surface area contributed by atoms with E-state index in [1.54, 1.807) is 0 Å². The van der Waals surface area contributed by atoms with Crippen LogP contribution in [0.5, 0.6) is 0 Å². The monoisotopic (exact) mass is 1890 g/mol. The topological polar surface area (TPSA) is 170 Å². The van der Waals surface area contributed by atoms with Crippen LogP contribution in [0.2, 0.25) is 0 Å². The smallest absolute Gasteiger partial charge is 0.164 e. The van der Waals surface area contributed by atoms with Gasteiger partial charge >= 0.3 is 0 Å². The summed E-state index contributed by atoms with van der Waals surface area (Å²) in [6, 6.07) is 168. The molecule has 9 aromatic heterocycles. The molecule has 15 heteroatoms. The highest BCUT2D eigenvalue weighted by molar-refractivity contribution is 6.30. The summed E-state index contributed by atoms with van der Waals surface area (Å²) in [5.41, 5.74) is 22.7. The van der Waals surface area contributed by atoms with Gasteiger partial charge in [-0.25, -0.2) is 44.9 Å². The van der Waals surface area contributed by atoms with Crippen molar-refractivity contribution in [3.8, 4) is 120 Å². The first-order valence-corrected chi connectivity index (χ1v) is 49.5. The fourth-order valence-electron chi connectivity index (χ4n) is 22.0. The van der Waals surface area contributed by atoms with Crippen molar-refractivity contribution in [3.05, 3.63) is 485 Å². The van der Waals surface area contributed by atoms with Crippen molar-refractivity contribution in [2.75, 3.05) is 0 Å². The summed E-state index contributed by atoms with van der Waals surface area (Å²) in [6.07, 6.45) is 0. The van der Waals surface area contributed by atoms with Gasteiger partial charge in [0.2, 0.25) is 0 Å². The van der Waals surface area contributed by atoms with Crippen molar-refractivity contribution in [2.24, 2.45) is 0 Å². The van der Waals surface area contributed by atoms with Crippen LogP contribution in [-0.2, 0) is 0 Å². The van der Waals surface area contributed by atoms with Crippen LogP contribution in [0.3, 0.4) is 0 Å². The Morgan fingerprint density at radius 3 is 0.716 bits per heavy atom. The number of nitrogens with zero attached hydrogens (tertiary/aromatic N) is 12. The number of hydrogen-bond acceptors (Lipinski definition) is 12. The van der Waals surface area contributed by atoms with E-state index in [9.17, 15) is 0 Å². The molecule has 0 saturated heterocycles. The minimum Gasteiger partial charge on any atom is -0.456 e. The number of fused-ring (bicyclic) bond motifs is 26. The number of aromatic nitrogens is 12. The van der Waals surface area contributed by atoms with Gasteiger partial charge in [0.25, 0.3) is 0 Å². The van der Waals surface area contributed by atoms with E-state index < -0.39 is 0 Å². The summed E-state index contributed by atoms with van der Waals surface area (Å²) in [5.74, 6) is 5.45. The molecule has 31 aromatic rings. The predicted octanol–water partition coefficient (Wildman–Crippen LogP) is 34.2. The van der Waals surface area contributed by atoms with Crippen LogP contribution < -0.4 is 0 Å². The van der Waals surface area contributed by atoms with E-state index in [1.165, 1.54) is 75.4 Å². The third-order valence-electron chi connectivity index (χ3n) is 28.6. The number of furan rings is 3. The van der Waals surface area contributed by atoms with Gasteiger partial charge in [0.05, 0.1) is 66.3 Å². The molecule has 0 fully saturated rings. The second-order valence-corrected chi connectivity index (χ2v) is 37.3. The second kappa shape index (κ2) is 34.8. The van der Waals surface area contributed by atoms with Crippen molar-refractivity contribution in [3.63, 3.8) is 0 Å². The Labute approximate surface area is 845 Å². The zero-order valence-corrected chi connectivity index (χ0v) is 79.3. The molecule has 22 aromatic carbocycles. The Hall–Kier alpha value is -20.3. The van der Waals surface area contributed by atoms with Crippen LogP contribution in [0.25, 0.3) is 294 Å². The first-order chi connectivity index (χ1) is 73.4. The molecule has 0 saturated carbocycles. The summed E-state index contributed by atoms with van der Waals surface area (Å²) >= 11 is 0. The van der Waals surface area contributed by atoms with Crippen molar-refractivity contribution < 1.29 is 13.3 Å². The van der Waals surface area contributed by atoms with Crippen LogP contribution in [0.15, 0.2) is 499 Å². The van der Waals surface area contributed by atoms with E-state index in [0.717, 1.165) is 166 Å². The molecule has 0 bridgehead atoms. The van der Waals surface area contributed by atoms with Gasteiger partial charge < -0.3 is 27.0 Å². The molecule has 15 nitrogen and oxygen atoms in total. The molecular weight excluding hydrogens is 1810 g/mol. The number of benzene rings is 22. The highest BCUT2D eigenvalue weighted by atomic mass is 16.3. The Bertz CT molecular complexity index is 10500. The quantitative estimate of drug-likeness (QED) is 0.114. The molecule has 0 unspecified atom stereocenters. The minimum atomic E-state index is 0.577. The molecule has 9 heterocycles. The van der Waals surface area contributed by atoms with E-state index in [4.69, 9.17) is 58.1 Å². The van der Waals surface area contributed by atoms with Gasteiger partial charge in [-0.05, 0) is 123 Å². The highest BCUT2D eigenvalue weighted by Gasteiger charge is 2.29. The van der Waals surface area contributed by atoms with Crippen molar-refractivity contribution >= 4 is 174 Å². The maximum Gasteiger partial charge on any atom is 0.164 e. The van der Waals surface area contributed by atoms with E-state index >= 15 is 0 Å². The third kappa shape index (κ3) is 14.2. The van der Waals surface area contributed by atoms with Crippen LogP contribution in [0.1, 0.15) is 0 Å². The van der Waals surface area contributed by atoms with Crippen molar-refractivity contribution in [1.29, 1.82) is 0 Å². The first-order valence-electron chi connectivity index (χ1n) is 49.5. The van der Waals surface area contributed by atoms with Crippen molar-refractivity contribution in [2.45, 2.75) is 0 Å². The highest BCUT2D eigenvalue weighted by Crippen LogP contribution is 2.50. The van der Waals surface area contributed by atoms with Crippen LogP contribution in [0.4, 0.5) is 0 Å². The van der Waals surface area contributed by atoms with Gasteiger partial charge in [0.1, 0.15) is 33.5 Å². The van der Waals surface area contributed by atoms with Gasteiger partial charge in [-0.1, -0.05) is 400 Å². The van der Waals surface area contributed by atoms with Gasteiger partial charge in [0.15, 0.2) is 52.4 Å². The molecule has 0 atom stereocenters. The molecule has 0 aliphatic carbocycles. The third-order valence-corrected chi connectivity index (χ3v) is 28.6. The van der Waals surface area contributed by atoms with Crippen LogP contribution in [-0.4, -0.2) is 58.6 Å². The van der Waals surface area contributed by atoms with Crippen molar-refractivity contribution in [1.82, 2.24) is 58.6 Å². The van der Waals surface area contributed by atoms with Gasteiger partial charge in [-0.3, -0.25) is 0 Å². The SMILES string of the molecule is c1ccc(-c2nc(-c3ccccc3)nc(-c3cc(-n4c5ccc6ccccc6c5c5c6ccccc6ccc54)c4c(c3)oc3ccccc34)n2)cc1.c1ccc(-c2nc(-c3ccccc3)nc(-c3cc(-n4c5ccccc5c5c6ccccc6ccc54)c4c(c3)oc3ccccc34)n2)cc1.c1ccc(-c2nc(-c3ccccc3)nc(-c3cc(-n4c5ccccc5c5ccc6ccccc6c54)c4c(c3)oc3ccccc34)n2)cc1. The summed E-state index contributed by atoms with van der Waals surface area (Å²) in [4.78, 5) is 45.4. The fraction of sp³-hybridized carbons (Fsp3) is 0. The van der Waals surface area contributed by atoms with Gasteiger partial charge in [0, 0.05) is 104 Å². The molecule has 0 aliphatic heterocycles. The van der Waals surface area contributed by atoms with Crippen LogP contribution >= 0.6 is 0 Å². The molecular formula is C133H80N12O3. The fourth-order valence-corrected chi connectivity index (χ4v) is 22.0.